The van der Waals surface area contributed by atoms with E-state index >= 15 is 0 Å². The SMILES string of the molecule is [2H]C([2H])([2H])c1cc(-c2cccc(-c3cc(C(C)(C)C)cc(C(C)(C)C)c3)c2N2[CH-]N(c3[c-]c(Oc4[c-]c5c(cc4)c4ccccc4n5-c4cc(C(C)(C)C)ccn4)ccc3)c3ccccc32)ccc1-c1ccc(C(C)(C)C)cc1C([2H])([2H])[2H].[Pt]. The van der Waals surface area contributed by atoms with Crippen molar-refractivity contribution in [1.82, 2.24) is 9.55 Å². The van der Waals surface area contributed by atoms with E-state index in [1.54, 1.807) is 24.3 Å². The van der Waals surface area contributed by atoms with Crippen molar-refractivity contribution in [3.63, 3.8) is 0 Å². The zero-order valence-corrected chi connectivity index (χ0v) is 49.0. The quantitative estimate of drug-likeness (QED) is 0.142. The molecule has 10 aromatic rings. The summed E-state index contributed by atoms with van der Waals surface area (Å²) in [5, 5.41) is 2.13. The molecule has 0 atom stereocenters. The van der Waals surface area contributed by atoms with Crippen molar-refractivity contribution in [2.24, 2.45) is 0 Å². The van der Waals surface area contributed by atoms with Gasteiger partial charge in [-0.1, -0.05) is 192 Å². The van der Waals surface area contributed by atoms with Crippen molar-refractivity contribution in [1.29, 1.82) is 0 Å². The van der Waals surface area contributed by atoms with Gasteiger partial charge in [0.25, 0.3) is 0 Å². The molecule has 0 unspecified atom stereocenters. The Kier molecular flexibility index (Phi) is 12.2. The third kappa shape index (κ3) is 10.2. The molecule has 8 aromatic carbocycles. The maximum absolute atomic E-state index is 9.04. The number of pyridine rings is 1. The topological polar surface area (TPSA) is 33.5 Å². The van der Waals surface area contributed by atoms with Crippen molar-refractivity contribution < 1.29 is 34.0 Å². The smallest absolute Gasteiger partial charge is 0.135 e. The van der Waals surface area contributed by atoms with Gasteiger partial charge in [0, 0.05) is 80.7 Å². The van der Waals surface area contributed by atoms with Crippen LogP contribution in [0.1, 0.15) is 125 Å². The van der Waals surface area contributed by atoms with Gasteiger partial charge in [-0.05, 0) is 127 Å². The van der Waals surface area contributed by atoms with Crippen LogP contribution in [0.2, 0.25) is 0 Å². The summed E-state index contributed by atoms with van der Waals surface area (Å²) in [6.07, 6.45) is 1.88. The monoisotopic (exact) mass is 1210 g/mol. The van der Waals surface area contributed by atoms with Gasteiger partial charge in [-0.25, -0.2) is 4.98 Å². The van der Waals surface area contributed by atoms with E-state index in [1.807, 2.05) is 93.7 Å². The Bertz CT molecular complexity index is 4120. The van der Waals surface area contributed by atoms with Gasteiger partial charge >= 0.3 is 0 Å². The molecule has 78 heavy (non-hydrogen) atoms. The normalized spacial score (nSPS) is 14.5. The van der Waals surface area contributed by atoms with Crippen LogP contribution in [0.4, 0.5) is 22.7 Å². The number of aryl methyl sites for hydroxylation is 2. The maximum atomic E-state index is 9.04. The minimum absolute atomic E-state index is 0. The molecule has 3 heterocycles. The summed E-state index contributed by atoms with van der Waals surface area (Å²) < 4.78 is 62.0. The number of aromatic nitrogens is 2. The van der Waals surface area contributed by atoms with Crippen LogP contribution in [0, 0.1) is 32.5 Å². The Labute approximate surface area is 486 Å². The third-order valence-corrected chi connectivity index (χ3v) is 15.0. The van der Waals surface area contributed by atoms with E-state index in [-0.39, 0.29) is 53.9 Å². The van der Waals surface area contributed by atoms with Gasteiger partial charge in [-0.3, -0.25) is 0 Å². The van der Waals surface area contributed by atoms with Crippen molar-refractivity contribution >= 4 is 44.6 Å². The predicted octanol–water partition coefficient (Wildman–Crippen LogP) is 19.8. The molecule has 0 radical (unpaired) electrons. The van der Waals surface area contributed by atoms with Gasteiger partial charge in [0.2, 0.25) is 0 Å². The number of nitrogens with zero attached hydrogens (tertiary/aromatic N) is 4. The Balaban J connectivity index is 0.00000786. The van der Waals surface area contributed by atoms with Crippen LogP contribution in [0.25, 0.3) is 61.0 Å². The number of rotatable bonds is 8. The molecule has 0 aliphatic carbocycles. The fourth-order valence-corrected chi connectivity index (χ4v) is 10.5. The van der Waals surface area contributed by atoms with Crippen LogP contribution >= 0.6 is 0 Å². The van der Waals surface area contributed by atoms with E-state index in [2.05, 4.69) is 168 Å². The first-order chi connectivity index (χ1) is 38.9. The van der Waals surface area contributed by atoms with Gasteiger partial charge in [0.15, 0.2) is 0 Å². The van der Waals surface area contributed by atoms with Crippen LogP contribution in [-0.2, 0) is 42.7 Å². The molecule has 398 valence electrons. The number of benzene rings is 8. The van der Waals surface area contributed by atoms with Crippen molar-refractivity contribution in [2.45, 2.75) is 118 Å². The predicted molar refractivity (Wildman–Crippen MR) is 325 cm³/mol. The second kappa shape index (κ2) is 20.2. The number of ether oxygens (including phenoxy) is 1. The first kappa shape index (κ1) is 46.9. The largest absolute Gasteiger partial charge is 0.509 e. The van der Waals surface area contributed by atoms with Crippen molar-refractivity contribution in [3.8, 4) is 50.7 Å². The molecule has 2 aromatic heterocycles. The summed E-state index contributed by atoms with van der Waals surface area (Å²) in [7, 11) is 0. The van der Waals surface area contributed by atoms with Gasteiger partial charge < -0.3 is 19.1 Å². The second-order valence-corrected chi connectivity index (χ2v) is 24.7. The average molecular weight is 1210 g/mol. The molecule has 0 fully saturated rings. The zero-order valence-electron chi connectivity index (χ0n) is 52.8. The Morgan fingerprint density at radius 2 is 1.06 bits per heavy atom. The van der Waals surface area contributed by atoms with Crippen LogP contribution in [0.5, 0.6) is 11.5 Å². The molecule has 0 saturated heterocycles. The molecule has 0 spiro atoms. The number of fused-ring (bicyclic) bond motifs is 4. The summed E-state index contributed by atoms with van der Waals surface area (Å²) in [4.78, 5) is 9.19. The third-order valence-electron chi connectivity index (χ3n) is 15.0. The van der Waals surface area contributed by atoms with E-state index in [0.717, 1.165) is 72.6 Å². The van der Waals surface area contributed by atoms with E-state index in [1.165, 1.54) is 16.7 Å². The van der Waals surface area contributed by atoms with Gasteiger partial charge in [-0.15, -0.1) is 48.1 Å². The van der Waals surface area contributed by atoms with E-state index in [0.29, 0.717) is 28.2 Å². The summed E-state index contributed by atoms with van der Waals surface area (Å²) in [5.41, 5.74) is 13.2. The maximum Gasteiger partial charge on any atom is 0.135 e. The van der Waals surface area contributed by atoms with Crippen LogP contribution in [0.15, 0.2) is 170 Å². The molecule has 11 rings (SSSR count). The Hall–Kier alpha value is -7.20. The van der Waals surface area contributed by atoms with E-state index < -0.39 is 13.7 Å². The van der Waals surface area contributed by atoms with E-state index in [9.17, 15) is 0 Å². The van der Waals surface area contributed by atoms with Crippen LogP contribution in [-0.4, -0.2) is 9.55 Å². The molecule has 5 nitrogen and oxygen atoms in total. The summed E-state index contributed by atoms with van der Waals surface area (Å²) >= 11 is 0. The van der Waals surface area contributed by atoms with E-state index in [4.69, 9.17) is 17.9 Å². The van der Waals surface area contributed by atoms with Gasteiger partial charge in [-0.2, -0.15) is 12.1 Å². The molecule has 6 heteroatoms. The second-order valence-electron chi connectivity index (χ2n) is 24.7. The van der Waals surface area contributed by atoms with Gasteiger partial charge in [0.1, 0.15) is 5.82 Å². The summed E-state index contributed by atoms with van der Waals surface area (Å²) in [6, 6.07) is 62.0. The number of hydrogen-bond donors (Lipinski definition) is 0. The molecule has 0 N–H and O–H groups in total. The minimum atomic E-state index is -2.61. The molecular weight excluding hydrogens is 1130 g/mol. The van der Waals surface area contributed by atoms with Crippen LogP contribution in [0.3, 0.4) is 0 Å². The van der Waals surface area contributed by atoms with Crippen molar-refractivity contribution in [2.75, 3.05) is 9.80 Å². The molecule has 0 amide bonds. The van der Waals surface area contributed by atoms with Gasteiger partial charge in [0.05, 0.1) is 0 Å². The first-order valence-electron chi connectivity index (χ1n) is 29.7. The molecular formula is C72H71N4OPt-3. The standard InChI is InChI=1S/C72H71N4O.Pt/c1-46-37-48(29-32-57(46)58-33-30-50(38-47(58)2)69(3,4)5)59-24-20-25-60(49-39-52(71(9,10)11)41-53(40-49)72(12,13)14)68(59)75-45-74(64-27-17-18-28-65(64)75)54-21-19-22-55(43-54)77-56-31-34-62-61-23-15-16-26-63(61)76(66(62)44-56)67-42-51(35-36-73-67)70(6,7)8;/h15-42,45H,1-14H3;/q-3;/i1D3,2D3;. The Morgan fingerprint density at radius 1 is 0.474 bits per heavy atom. The minimum Gasteiger partial charge on any atom is -0.509 e. The number of hydrogen-bond acceptors (Lipinski definition) is 4. The zero-order chi connectivity index (χ0) is 59.3. The summed E-state index contributed by atoms with van der Waals surface area (Å²) in [5.74, 6) is 1.83. The average Bonchev–Trinajstić information content (AvgIpc) is 1.50. The Morgan fingerprint density at radius 3 is 1.74 bits per heavy atom. The fourth-order valence-electron chi connectivity index (χ4n) is 10.5. The molecule has 1 aliphatic heterocycles. The fraction of sp³-hybridized carbons (Fsp3) is 0.250. The summed E-state index contributed by atoms with van der Waals surface area (Å²) in [6.45, 7) is 23.1. The van der Waals surface area contributed by atoms with Crippen molar-refractivity contribution in [3.05, 3.63) is 222 Å². The number of para-hydroxylation sites is 4. The molecule has 1 aliphatic rings. The van der Waals surface area contributed by atoms with Crippen LogP contribution < -0.4 is 14.5 Å². The molecule has 0 bridgehead atoms. The molecule has 0 saturated carbocycles. The first-order valence-corrected chi connectivity index (χ1v) is 26.7. The number of anilines is 4.